The van der Waals surface area contributed by atoms with Crippen LogP contribution in [0.15, 0.2) is 0 Å². The van der Waals surface area contributed by atoms with E-state index in [-0.39, 0.29) is 0 Å². The van der Waals surface area contributed by atoms with E-state index in [1.807, 2.05) is 0 Å². The van der Waals surface area contributed by atoms with Gasteiger partial charge < -0.3 is 0 Å². The van der Waals surface area contributed by atoms with Crippen LogP contribution in [0, 0.1) is 0 Å². The predicted octanol–water partition coefficient (Wildman–Crippen LogP) is 0.747. The summed E-state index contributed by atoms with van der Waals surface area (Å²) in [6.45, 7) is 3.33. The Balaban J connectivity index is 9.24. The summed E-state index contributed by atoms with van der Waals surface area (Å²) in [5.74, 6) is -8.76. The fraction of sp³-hybridized carbons (Fsp3) is 0.562. The molecule has 0 saturated heterocycles. The van der Waals surface area contributed by atoms with Crippen molar-refractivity contribution in [1.82, 2.24) is 0 Å². The Labute approximate surface area is 155 Å². The molecule has 0 heterocycles. The molecule has 0 amide bonds. The number of carbonyl (C=O) groups is 5. The van der Waals surface area contributed by atoms with Crippen molar-refractivity contribution in [2.24, 2.45) is 5.73 Å². The third-order valence-electron chi connectivity index (χ3n) is 6.81. The standard InChI is InChI=1S/C2H6N.5C2H3O2.2C2H4.Fe/c1-2-3;5*1-2(3)4;2*1-2;/h2H,3H2,1H3;5*1H2,(H,3,4);2*1H,2H3;. The van der Waals surface area contributed by atoms with Gasteiger partial charge in [-0.15, -0.1) is 0 Å². The summed E-state index contributed by atoms with van der Waals surface area (Å²) in [5, 5.41) is 42.4. The second-order valence-corrected chi connectivity index (χ2v) is 25.6. The summed E-state index contributed by atoms with van der Waals surface area (Å²) < 4.78 is 0. The van der Waals surface area contributed by atoms with Gasteiger partial charge in [-0.05, 0) is 0 Å². The van der Waals surface area contributed by atoms with Gasteiger partial charge in [-0.1, -0.05) is 0 Å². The molecule has 0 aromatic heterocycles. The average molecular weight is 451 g/mol. The number of hydrogen-bond acceptors (Lipinski definition) is 6. The summed E-state index contributed by atoms with van der Waals surface area (Å²) in [4.78, 5) is 60.9. The third kappa shape index (κ3) is 2.41. The number of carboxylic acids is 5. The Morgan fingerprint density at radius 3 is 0.929 bits per heavy atom. The molecule has 166 valence electrons. The van der Waals surface area contributed by atoms with Gasteiger partial charge in [0.15, 0.2) is 0 Å². The third-order valence-corrected chi connectivity index (χ3v) is 28.1. The van der Waals surface area contributed by atoms with Gasteiger partial charge in [0.05, 0.1) is 0 Å². The van der Waals surface area contributed by atoms with Crippen LogP contribution in [0.5, 0.6) is 0 Å². The van der Waals surface area contributed by atoms with E-state index >= 15 is 0 Å². The molecule has 0 spiro atoms. The van der Waals surface area contributed by atoms with Gasteiger partial charge >= 0.3 is 155 Å². The number of nitrogens with two attached hydrogens (primary N) is 1. The first-order valence-electron chi connectivity index (χ1n) is 7.83. The molecule has 1 unspecified atom stereocenters. The summed E-state index contributed by atoms with van der Waals surface area (Å²) in [6.07, 6.45) is 0. The Hall–Kier alpha value is -2.43. The van der Waals surface area contributed by atoms with Crippen molar-refractivity contribution in [2.75, 3.05) is 0 Å². The SMILES string of the molecule is C[CH]=[Fe](=[CH]C)([CH2]C(=O)O)([CH2]C(=O)O)([CH2]C(=O)O)([CH2]C(=O)O)([CH2]C(=O)O)[CH](C)N. The molecular weight excluding hydrogens is 422 g/mol. The van der Waals surface area contributed by atoms with E-state index in [1.54, 1.807) is 0 Å². The summed E-state index contributed by atoms with van der Waals surface area (Å²) >= 11 is 0. The van der Waals surface area contributed by atoms with E-state index in [0.29, 0.717) is 0 Å². The fourth-order valence-electron chi connectivity index (χ4n) is 4.66. The average Bonchev–Trinajstić information content (AvgIpc) is 2.44. The normalized spacial score (nSPS) is 18.1. The minimum atomic E-state index is -7.57. The molecule has 0 aliphatic rings. The van der Waals surface area contributed by atoms with Crippen molar-refractivity contribution in [2.45, 2.75) is 52.3 Å². The maximum absolute atomic E-state index is 12.2. The van der Waals surface area contributed by atoms with Gasteiger partial charge in [-0.2, -0.15) is 0 Å². The van der Waals surface area contributed by atoms with Crippen LogP contribution in [-0.4, -0.2) is 70.2 Å². The van der Waals surface area contributed by atoms with E-state index in [2.05, 4.69) is 0 Å². The van der Waals surface area contributed by atoms with Crippen molar-refractivity contribution < 1.29 is 57.3 Å². The van der Waals surface area contributed by atoms with Gasteiger partial charge in [-0.25, -0.2) is 0 Å². The number of carboxylic acid groups (broad SMARTS) is 5. The van der Waals surface area contributed by atoms with E-state index in [9.17, 15) is 49.5 Å². The molecule has 28 heavy (non-hydrogen) atoms. The van der Waals surface area contributed by atoms with Crippen molar-refractivity contribution in [1.29, 1.82) is 0 Å². The maximum atomic E-state index is 12.2. The van der Waals surface area contributed by atoms with Crippen LogP contribution in [0.3, 0.4) is 0 Å². The fourth-order valence-corrected chi connectivity index (χ4v) is 19.2. The Morgan fingerprint density at radius 2 is 0.857 bits per heavy atom. The topological polar surface area (TPSA) is 213 Å². The molecule has 0 aliphatic heterocycles. The molecule has 0 rings (SSSR count). The van der Waals surface area contributed by atoms with Gasteiger partial charge in [0.25, 0.3) is 0 Å². The minimum absolute atomic E-state index is 0.937. The Kier molecular flexibility index (Phi) is 4.87. The van der Waals surface area contributed by atoms with E-state index < -0.39 is 69.1 Å². The van der Waals surface area contributed by atoms with Gasteiger partial charge in [0.1, 0.15) is 0 Å². The first kappa shape index (κ1) is 25.6. The van der Waals surface area contributed by atoms with Crippen LogP contribution >= 0.6 is 0 Å². The molecule has 11 nitrogen and oxygen atoms in total. The zero-order valence-electron chi connectivity index (χ0n) is 16.0. The molecular formula is C16H29FeNO10. The van der Waals surface area contributed by atoms with Gasteiger partial charge in [-0.3, -0.25) is 0 Å². The van der Waals surface area contributed by atoms with Gasteiger partial charge in [0.2, 0.25) is 0 Å². The first-order valence-corrected chi connectivity index (χ1v) is 13.7. The summed E-state index contributed by atoms with van der Waals surface area (Å²) in [5.41, 5.74) is 6.26. The van der Waals surface area contributed by atoms with Crippen molar-refractivity contribution >= 4 is 39.7 Å². The zero-order valence-corrected chi connectivity index (χ0v) is 17.1. The van der Waals surface area contributed by atoms with Crippen molar-refractivity contribution in [3.63, 3.8) is 0 Å². The molecule has 0 bridgehead atoms. The molecule has 12 heteroatoms. The van der Waals surface area contributed by atoms with Crippen LogP contribution in [0.4, 0.5) is 0 Å². The first-order chi connectivity index (χ1) is 12.3. The van der Waals surface area contributed by atoms with Gasteiger partial charge in [0, 0.05) is 0 Å². The molecule has 0 saturated carbocycles. The van der Waals surface area contributed by atoms with Crippen LogP contribution in [0.1, 0.15) is 20.8 Å². The second kappa shape index (κ2) is 5.34. The molecule has 0 fully saturated rings. The predicted molar refractivity (Wildman–Crippen MR) is 99.3 cm³/mol. The monoisotopic (exact) mass is 451 g/mol. The molecule has 0 aromatic rings. The molecule has 0 radical (unpaired) electrons. The van der Waals surface area contributed by atoms with Crippen LogP contribution < -0.4 is 5.73 Å². The number of aliphatic carboxylic acids is 5. The van der Waals surface area contributed by atoms with E-state index in [0.717, 1.165) is 30.6 Å². The van der Waals surface area contributed by atoms with Crippen molar-refractivity contribution in [3.05, 3.63) is 0 Å². The quantitative estimate of drug-likeness (QED) is 0.241. The van der Waals surface area contributed by atoms with Crippen LogP contribution in [-0.2, 0) is 31.7 Å². The second-order valence-electron chi connectivity index (χ2n) is 7.94. The molecule has 7 N–H and O–H groups in total. The van der Waals surface area contributed by atoms with Crippen LogP contribution in [0.25, 0.3) is 0 Å². The molecule has 0 aromatic carbocycles. The van der Waals surface area contributed by atoms with E-state index in [4.69, 9.17) is 5.73 Å². The summed E-state index contributed by atoms with van der Waals surface area (Å²) in [6, 6.07) is 0. The molecule has 1 atom stereocenters. The van der Waals surface area contributed by atoms with E-state index in [1.165, 1.54) is 0 Å². The Morgan fingerprint density at radius 1 is 0.679 bits per heavy atom. The zero-order chi connectivity index (χ0) is 22.8. The number of rotatable bonds is 11. The van der Waals surface area contributed by atoms with Crippen molar-refractivity contribution in [3.8, 4) is 0 Å². The van der Waals surface area contributed by atoms with Crippen LogP contribution in [0.2, 0.25) is 26.6 Å². The molecule has 0 aliphatic carbocycles. The number of hydrogen-bond donors (Lipinski definition) is 6. The Bertz CT molecular complexity index is 898. The summed E-state index contributed by atoms with van der Waals surface area (Å²) in [7, 11) is -7.57.